The van der Waals surface area contributed by atoms with Crippen LogP contribution in [0, 0.1) is 34.6 Å². The zero-order valence-electron chi connectivity index (χ0n) is 16.3. The highest BCUT2D eigenvalue weighted by molar-refractivity contribution is 6.07. The lowest BCUT2D eigenvalue weighted by Gasteiger charge is -2.05. The summed E-state index contributed by atoms with van der Waals surface area (Å²) >= 11 is 0. The van der Waals surface area contributed by atoms with Crippen LogP contribution in [0.5, 0.6) is 0 Å². The maximum atomic E-state index is 12.8. The van der Waals surface area contributed by atoms with Crippen LogP contribution in [-0.4, -0.2) is 40.6 Å². The molecule has 4 aromatic rings. The number of anilines is 1. The van der Waals surface area contributed by atoms with Gasteiger partial charge in [0, 0.05) is 22.8 Å². The molecule has 4 rings (SSSR count). The number of aromatic nitrogens is 7. The van der Waals surface area contributed by atoms with E-state index < -0.39 is 0 Å². The van der Waals surface area contributed by atoms with Crippen LogP contribution in [0.2, 0.25) is 0 Å². The fraction of sp³-hybridized carbons (Fsp3) is 0.263. The molecule has 0 spiro atoms. The molecule has 0 atom stereocenters. The third kappa shape index (κ3) is 3.00. The number of nitrogens with one attached hydrogen (secondary N) is 2. The number of aromatic amines is 1. The van der Waals surface area contributed by atoms with Crippen LogP contribution in [0.3, 0.4) is 0 Å². The summed E-state index contributed by atoms with van der Waals surface area (Å²) in [4.78, 5) is 33.3. The minimum Gasteiger partial charge on any atom is -0.343 e. The molecule has 0 aliphatic rings. The van der Waals surface area contributed by atoms with Crippen LogP contribution >= 0.6 is 0 Å². The zero-order chi connectivity index (χ0) is 20.0. The molecule has 0 bridgehead atoms. The van der Waals surface area contributed by atoms with Gasteiger partial charge in [-0.25, -0.2) is 24.6 Å². The standard InChI is InChI=1S/C19H20N8O/c1-9-6-10(2)23-19(22-9)27-11(3)7-14(26-27)18(28)25-17-15-12(4)13(5)24-16(15)20-8-21-17/h6-8H,1-5H3,(H2,20,21,24,25,28). The second-order valence-electron chi connectivity index (χ2n) is 6.81. The summed E-state index contributed by atoms with van der Waals surface area (Å²) in [6.45, 7) is 9.56. The van der Waals surface area contributed by atoms with Gasteiger partial charge < -0.3 is 10.3 Å². The van der Waals surface area contributed by atoms with Crippen molar-refractivity contribution in [2.45, 2.75) is 34.6 Å². The molecule has 9 nitrogen and oxygen atoms in total. The van der Waals surface area contributed by atoms with Crippen molar-refractivity contribution >= 4 is 22.8 Å². The van der Waals surface area contributed by atoms with Crippen molar-refractivity contribution in [2.24, 2.45) is 0 Å². The van der Waals surface area contributed by atoms with E-state index in [4.69, 9.17) is 0 Å². The Morgan fingerprint density at radius 3 is 2.46 bits per heavy atom. The van der Waals surface area contributed by atoms with Crippen molar-refractivity contribution in [1.82, 2.24) is 34.7 Å². The number of carbonyl (C=O) groups excluding carboxylic acids is 1. The molecule has 4 heterocycles. The first-order valence-corrected chi connectivity index (χ1v) is 8.84. The van der Waals surface area contributed by atoms with E-state index in [1.165, 1.54) is 6.33 Å². The highest BCUT2D eigenvalue weighted by atomic mass is 16.2. The largest absolute Gasteiger partial charge is 0.343 e. The third-order valence-corrected chi connectivity index (χ3v) is 4.60. The maximum absolute atomic E-state index is 12.8. The molecular weight excluding hydrogens is 356 g/mol. The molecule has 2 N–H and O–H groups in total. The van der Waals surface area contributed by atoms with E-state index in [9.17, 15) is 4.79 Å². The number of amides is 1. The predicted molar refractivity (Wildman–Crippen MR) is 105 cm³/mol. The Morgan fingerprint density at radius 2 is 1.75 bits per heavy atom. The summed E-state index contributed by atoms with van der Waals surface area (Å²) in [5.41, 5.74) is 5.36. The fourth-order valence-corrected chi connectivity index (χ4v) is 3.15. The van der Waals surface area contributed by atoms with Crippen molar-refractivity contribution in [3.63, 3.8) is 0 Å². The first kappa shape index (κ1) is 17.8. The van der Waals surface area contributed by atoms with E-state index in [2.05, 4.69) is 35.3 Å². The van der Waals surface area contributed by atoms with Crippen molar-refractivity contribution < 1.29 is 4.79 Å². The molecule has 4 aromatic heterocycles. The Balaban J connectivity index is 1.69. The van der Waals surface area contributed by atoms with Gasteiger partial charge in [-0.2, -0.15) is 5.10 Å². The molecule has 142 valence electrons. The Bertz CT molecular complexity index is 1200. The molecule has 0 aliphatic carbocycles. The van der Waals surface area contributed by atoms with Gasteiger partial charge in [0.05, 0.1) is 5.39 Å². The minimum absolute atomic E-state index is 0.261. The van der Waals surface area contributed by atoms with Crippen LogP contribution in [0.1, 0.15) is 38.8 Å². The van der Waals surface area contributed by atoms with Crippen molar-refractivity contribution in [3.05, 3.63) is 52.5 Å². The second-order valence-corrected chi connectivity index (χ2v) is 6.81. The lowest BCUT2D eigenvalue weighted by Crippen LogP contribution is -2.15. The van der Waals surface area contributed by atoms with Crippen molar-refractivity contribution in [1.29, 1.82) is 0 Å². The Kier molecular flexibility index (Phi) is 4.14. The number of hydrogen-bond acceptors (Lipinski definition) is 6. The summed E-state index contributed by atoms with van der Waals surface area (Å²) in [5.74, 6) is 0.534. The van der Waals surface area contributed by atoms with Crippen LogP contribution < -0.4 is 5.32 Å². The van der Waals surface area contributed by atoms with Gasteiger partial charge >= 0.3 is 0 Å². The maximum Gasteiger partial charge on any atom is 0.277 e. The van der Waals surface area contributed by atoms with Crippen molar-refractivity contribution in [2.75, 3.05) is 5.32 Å². The van der Waals surface area contributed by atoms with Gasteiger partial charge in [-0.05, 0) is 52.3 Å². The van der Waals surface area contributed by atoms with E-state index in [0.29, 0.717) is 17.4 Å². The molecule has 28 heavy (non-hydrogen) atoms. The first-order chi connectivity index (χ1) is 13.3. The lowest BCUT2D eigenvalue weighted by atomic mass is 10.2. The lowest BCUT2D eigenvalue weighted by molar-refractivity contribution is 0.102. The molecule has 0 saturated heterocycles. The van der Waals surface area contributed by atoms with Crippen molar-refractivity contribution in [3.8, 4) is 5.95 Å². The van der Waals surface area contributed by atoms with E-state index in [-0.39, 0.29) is 11.6 Å². The molecule has 0 saturated carbocycles. The highest BCUT2D eigenvalue weighted by Crippen LogP contribution is 2.25. The van der Waals surface area contributed by atoms with Gasteiger partial charge in [-0.15, -0.1) is 0 Å². The Morgan fingerprint density at radius 1 is 1.04 bits per heavy atom. The number of hydrogen-bond donors (Lipinski definition) is 2. The van der Waals surface area contributed by atoms with Gasteiger partial charge in [0.1, 0.15) is 17.8 Å². The van der Waals surface area contributed by atoms with E-state index in [0.717, 1.165) is 33.7 Å². The number of aryl methyl sites for hydroxylation is 5. The van der Waals surface area contributed by atoms with Gasteiger partial charge in [0.25, 0.3) is 11.9 Å². The van der Waals surface area contributed by atoms with Crippen LogP contribution in [-0.2, 0) is 0 Å². The molecule has 0 radical (unpaired) electrons. The summed E-state index contributed by atoms with van der Waals surface area (Å²) < 4.78 is 1.57. The molecular formula is C19H20N8O. The average molecular weight is 376 g/mol. The highest BCUT2D eigenvalue weighted by Gasteiger charge is 2.18. The quantitative estimate of drug-likeness (QED) is 0.568. The van der Waals surface area contributed by atoms with Gasteiger partial charge in [0.2, 0.25) is 0 Å². The van der Waals surface area contributed by atoms with Crippen LogP contribution in [0.15, 0.2) is 18.5 Å². The molecule has 0 unspecified atom stereocenters. The predicted octanol–water partition coefficient (Wildman–Crippen LogP) is 2.73. The summed E-state index contributed by atoms with van der Waals surface area (Å²) in [6, 6.07) is 3.58. The molecule has 1 amide bonds. The Hall–Kier alpha value is -3.62. The van der Waals surface area contributed by atoms with E-state index in [1.54, 1.807) is 10.7 Å². The molecule has 9 heteroatoms. The molecule has 0 aromatic carbocycles. The summed E-state index contributed by atoms with van der Waals surface area (Å²) in [7, 11) is 0. The number of H-pyrrole nitrogens is 1. The average Bonchev–Trinajstić information content (AvgIpc) is 3.15. The number of rotatable bonds is 3. The molecule has 0 aliphatic heterocycles. The Labute approximate surface area is 161 Å². The monoisotopic (exact) mass is 376 g/mol. The number of fused-ring (bicyclic) bond motifs is 1. The third-order valence-electron chi connectivity index (χ3n) is 4.60. The normalized spacial score (nSPS) is 11.2. The second kappa shape index (κ2) is 6.52. The smallest absolute Gasteiger partial charge is 0.277 e. The minimum atomic E-state index is -0.357. The van der Waals surface area contributed by atoms with E-state index >= 15 is 0 Å². The fourth-order valence-electron chi connectivity index (χ4n) is 3.15. The van der Waals surface area contributed by atoms with Crippen LogP contribution in [0.25, 0.3) is 17.0 Å². The summed E-state index contributed by atoms with van der Waals surface area (Å²) in [6.07, 6.45) is 1.42. The van der Waals surface area contributed by atoms with Gasteiger partial charge in [-0.3, -0.25) is 4.79 Å². The van der Waals surface area contributed by atoms with Gasteiger partial charge in [0.15, 0.2) is 5.69 Å². The molecule has 0 fully saturated rings. The summed E-state index contributed by atoms with van der Waals surface area (Å²) in [5, 5.41) is 8.03. The van der Waals surface area contributed by atoms with Crippen LogP contribution in [0.4, 0.5) is 5.82 Å². The van der Waals surface area contributed by atoms with Gasteiger partial charge in [-0.1, -0.05) is 0 Å². The number of carbonyl (C=O) groups is 1. The topological polar surface area (TPSA) is 114 Å². The SMILES string of the molecule is Cc1cc(C)nc(-n2nc(C(=O)Nc3ncnc4[nH]c(C)c(C)c34)cc2C)n1. The number of nitrogens with zero attached hydrogens (tertiary/aromatic N) is 6. The van der Waals surface area contributed by atoms with E-state index in [1.807, 2.05) is 40.7 Å². The zero-order valence-corrected chi connectivity index (χ0v) is 16.3. The first-order valence-electron chi connectivity index (χ1n) is 8.84.